The number of nitrogens with one attached hydrogen (secondary N) is 2. The summed E-state index contributed by atoms with van der Waals surface area (Å²) in [6.45, 7) is 2.75. The maximum Gasteiger partial charge on any atom is 0.346 e. The smallest absolute Gasteiger partial charge is 0.291 e. The van der Waals surface area contributed by atoms with Crippen molar-refractivity contribution in [3.63, 3.8) is 0 Å². The zero-order valence-electron chi connectivity index (χ0n) is 9.37. The van der Waals surface area contributed by atoms with E-state index in [-0.39, 0.29) is 0 Å². The van der Waals surface area contributed by atoms with E-state index >= 15 is 0 Å². The number of rotatable bonds is 2. The fraction of sp³-hybridized carbons (Fsp3) is 0.182. The number of hydrogen-bond acceptors (Lipinski definition) is 2. The molecule has 6 heteroatoms. The van der Waals surface area contributed by atoms with Gasteiger partial charge < -0.3 is 0 Å². The van der Waals surface area contributed by atoms with Crippen LogP contribution in [0.25, 0.3) is 11.0 Å². The topological polar surface area (TPSA) is 77.8 Å². The molecule has 0 aliphatic rings. The van der Waals surface area contributed by atoms with Crippen LogP contribution >= 0.6 is 15.9 Å². The lowest BCUT2D eigenvalue weighted by atomic mass is 10.2. The molecule has 1 aromatic carbocycles. The Kier molecular flexibility index (Phi) is 3.53. The van der Waals surface area contributed by atoms with Gasteiger partial charge in [-0.05, 0) is 35.0 Å². The van der Waals surface area contributed by atoms with Gasteiger partial charge in [-0.1, -0.05) is 0 Å². The van der Waals surface area contributed by atoms with E-state index in [1.807, 2.05) is 19.1 Å². The zero-order chi connectivity index (χ0) is 12.3. The highest BCUT2D eigenvalue weighted by Crippen LogP contribution is 2.28. The van der Waals surface area contributed by atoms with Crippen molar-refractivity contribution in [3.8, 4) is 0 Å². The number of anilines is 1. The van der Waals surface area contributed by atoms with Crippen LogP contribution in [0.3, 0.4) is 0 Å². The SMILES string of the molecule is CC[NH+]=C(N)Nc1ccc2nccnc2c1Br. The predicted molar refractivity (Wildman–Crippen MR) is 71.6 cm³/mol. The standard InChI is InChI=1S/C11H12BrN5/c1-2-14-11(13)17-7-3-4-8-10(9(7)12)16-6-5-15-8/h3-6H,2H2,1H3,(H3,13,14,17)/p+1. The van der Waals surface area contributed by atoms with Crippen LogP contribution in [0.1, 0.15) is 6.92 Å². The van der Waals surface area contributed by atoms with Gasteiger partial charge in [0.1, 0.15) is 11.2 Å². The molecule has 1 aromatic heterocycles. The van der Waals surface area contributed by atoms with Gasteiger partial charge in [0.2, 0.25) is 0 Å². The van der Waals surface area contributed by atoms with Gasteiger partial charge in [-0.3, -0.25) is 20.7 Å². The number of aromatic nitrogens is 2. The van der Waals surface area contributed by atoms with E-state index < -0.39 is 0 Å². The minimum absolute atomic E-state index is 0.511. The van der Waals surface area contributed by atoms with Crippen molar-refractivity contribution in [2.45, 2.75) is 6.92 Å². The molecule has 1 heterocycles. The summed E-state index contributed by atoms with van der Waals surface area (Å²) < 4.78 is 0.851. The fourth-order valence-corrected chi connectivity index (χ4v) is 2.02. The molecule has 0 aliphatic carbocycles. The third-order valence-electron chi connectivity index (χ3n) is 2.22. The number of hydrogen-bond donors (Lipinski definition) is 3. The number of nitrogens with zero attached hydrogens (tertiary/aromatic N) is 2. The summed E-state index contributed by atoms with van der Waals surface area (Å²) in [6.07, 6.45) is 3.33. The molecule has 0 saturated heterocycles. The second kappa shape index (κ2) is 5.09. The average Bonchev–Trinajstić information content (AvgIpc) is 2.33. The van der Waals surface area contributed by atoms with E-state index in [0.29, 0.717) is 5.96 Å². The monoisotopic (exact) mass is 294 g/mol. The lowest BCUT2D eigenvalue weighted by Crippen LogP contribution is -2.76. The molecule has 0 bridgehead atoms. The Bertz CT molecular complexity index is 567. The normalized spacial score (nSPS) is 11.8. The molecule has 17 heavy (non-hydrogen) atoms. The van der Waals surface area contributed by atoms with Gasteiger partial charge in [-0.15, -0.1) is 0 Å². The molecule has 2 rings (SSSR count). The summed E-state index contributed by atoms with van der Waals surface area (Å²) in [6, 6.07) is 3.81. The molecule has 88 valence electrons. The molecule has 0 radical (unpaired) electrons. The van der Waals surface area contributed by atoms with Gasteiger partial charge in [0, 0.05) is 12.4 Å². The van der Waals surface area contributed by atoms with Crippen molar-refractivity contribution in [3.05, 3.63) is 29.0 Å². The van der Waals surface area contributed by atoms with Crippen molar-refractivity contribution in [2.24, 2.45) is 5.73 Å². The zero-order valence-corrected chi connectivity index (χ0v) is 11.0. The molecule has 0 unspecified atom stereocenters. The minimum atomic E-state index is 0.511. The molecule has 0 spiro atoms. The summed E-state index contributed by atoms with van der Waals surface area (Å²) in [7, 11) is 0. The number of halogens is 1. The lowest BCUT2D eigenvalue weighted by molar-refractivity contribution is -0.453. The summed E-state index contributed by atoms with van der Waals surface area (Å²) in [5, 5.41) is 3.07. The highest BCUT2D eigenvalue weighted by Gasteiger charge is 2.10. The van der Waals surface area contributed by atoms with Crippen molar-refractivity contribution < 1.29 is 4.99 Å². The Morgan fingerprint density at radius 3 is 2.94 bits per heavy atom. The highest BCUT2D eigenvalue weighted by atomic mass is 79.9. The van der Waals surface area contributed by atoms with Gasteiger partial charge in [0.25, 0.3) is 0 Å². The second-order valence-electron chi connectivity index (χ2n) is 3.42. The second-order valence-corrected chi connectivity index (χ2v) is 4.21. The first-order valence-electron chi connectivity index (χ1n) is 5.25. The van der Waals surface area contributed by atoms with Gasteiger partial charge >= 0.3 is 5.96 Å². The lowest BCUT2D eigenvalue weighted by Gasteiger charge is -2.04. The van der Waals surface area contributed by atoms with E-state index in [9.17, 15) is 0 Å². The van der Waals surface area contributed by atoms with Crippen molar-refractivity contribution in [1.29, 1.82) is 0 Å². The first kappa shape index (κ1) is 11.8. The number of nitrogens with two attached hydrogens (primary N) is 1. The predicted octanol–water partition coefficient (Wildman–Crippen LogP) is 0.219. The maximum atomic E-state index is 5.77. The quantitative estimate of drug-likeness (QED) is 0.547. The Morgan fingerprint density at radius 2 is 2.18 bits per heavy atom. The molecule has 0 saturated carbocycles. The van der Waals surface area contributed by atoms with E-state index in [1.54, 1.807) is 12.4 Å². The van der Waals surface area contributed by atoms with Crippen LogP contribution in [0, 0.1) is 0 Å². The van der Waals surface area contributed by atoms with Crippen LogP contribution in [0.15, 0.2) is 29.0 Å². The number of fused-ring (bicyclic) bond motifs is 1. The molecule has 0 atom stereocenters. The molecule has 5 nitrogen and oxygen atoms in total. The fourth-order valence-electron chi connectivity index (χ4n) is 1.48. The summed E-state index contributed by atoms with van der Waals surface area (Å²) >= 11 is 3.50. The average molecular weight is 295 g/mol. The summed E-state index contributed by atoms with van der Waals surface area (Å²) in [5.41, 5.74) is 8.27. The minimum Gasteiger partial charge on any atom is -0.291 e. The van der Waals surface area contributed by atoms with Gasteiger partial charge in [-0.25, -0.2) is 5.32 Å². The molecule has 2 aromatic rings. The van der Waals surface area contributed by atoms with Crippen LogP contribution < -0.4 is 16.0 Å². The van der Waals surface area contributed by atoms with Crippen LogP contribution in [0.2, 0.25) is 0 Å². The third-order valence-corrected chi connectivity index (χ3v) is 3.02. The Hall–Kier alpha value is -1.69. The third kappa shape index (κ3) is 2.52. The maximum absolute atomic E-state index is 5.77. The molecule has 0 aliphatic heterocycles. The van der Waals surface area contributed by atoms with Crippen molar-refractivity contribution in [1.82, 2.24) is 9.97 Å². The number of benzene rings is 1. The van der Waals surface area contributed by atoms with Crippen LogP contribution in [0.4, 0.5) is 5.69 Å². The molecular formula is C11H13BrN5+. The molecular weight excluding hydrogens is 282 g/mol. The van der Waals surface area contributed by atoms with Gasteiger partial charge in [0.05, 0.1) is 16.5 Å². The van der Waals surface area contributed by atoms with Crippen LogP contribution in [0.5, 0.6) is 0 Å². The largest absolute Gasteiger partial charge is 0.346 e. The molecule has 4 N–H and O–H groups in total. The van der Waals surface area contributed by atoms with E-state index in [0.717, 1.165) is 27.7 Å². The Labute approximate surface area is 107 Å². The summed E-state index contributed by atoms with van der Waals surface area (Å²) in [4.78, 5) is 11.5. The van der Waals surface area contributed by atoms with Crippen LogP contribution in [-0.2, 0) is 0 Å². The Morgan fingerprint density at radius 1 is 1.41 bits per heavy atom. The van der Waals surface area contributed by atoms with E-state index in [2.05, 4.69) is 36.2 Å². The van der Waals surface area contributed by atoms with Crippen LogP contribution in [-0.4, -0.2) is 22.5 Å². The van der Waals surface area contributed by atoms with Gasteiger partial charge in [-0.2, -0.15) is 0 Å². The molecule has 0 amide bonds. The van der Waals surface area contributed by atoms with Crippen molar-refractivity contribution in [2.75, 3.05) is 11.9 Å². The van der Waals surface area contributed by atoms with E-state index in [1.165, 1.54) is 0 Å². The summed E-state index contributed by atoms with van der Waals surface area (Å²) in [5.74, 6) is 0.511. The first-order valence-corrected chi connectivity index (χ1v) is 6.04. The molecule has 0 fully saturated rings. The Balaban J connectivity index is 2.42. The van der Waals surface area contributed by atoms with Crippen molar-refractivity contribution >= 4 is 38.6 Å². The van der Waals surface area contributed by atoms with E-state index in [4.69, 9.17) is 5.73 Å². The van der Waals surface area contributed by atoms with Gasteiger partial charge in [0.15, 0.2) is 0 Å². The number of guanidine groups is 1. The first-order chi connectivity index (χ1) is 8.22. The highest BCUT2D eigenvalue weighted by molar-refractivity contribution is 9.10.